The Kier molecular flexibility index (Phi) is 7.17. The van der Waals surface area contributed by atoms with Crippen molar-refractivity contribution in [2.24, 2.45) is 11.3 Å². The second-order valence-electron chi connectivity index (χ2n) is 8.56. The Labute approximate surface area is 178 Å². The molecule has 2 atom stereocenters. The van der Waals surface area contributed by atoms with Gasteiger partial charge < -0.3 is 15.1 Å². The van der Waals surface area contributed by atoms with E-state index in [9.17, 15) is 14.0 Å². The number of benzene rings is 1. The van der Waals surface area contributed by atoms with Gasteiger partial charge in [0.2, 0.25) is 11.8 Å². The highest BCUT2D eigenvalue weighted by Crippen LogP contribution is 2.45. The Hall–Kier alpha value is -1.66. The van der Waals surface area contributed by atoms with E-state index in [0.717, 1.165) is 45.3 Å². The van der Waals surface area contributed by atoms with Gasteiger partial charge in [-0.1, -0.05) is 25.0 Å². The first-order chi connectivity index (χ1) is 13.6. The summed E-state index contributed by atoms with van der Waals surface area (Å²) in [6.45, 7) is 4.30. The van der Waals surface area contributed by atoms with Crippen LogP contribution in [-0.4, -0.2) is 60.9 Å². The predicted octanol–water partition coefficient (Wildman–Crippen LogP) is 2.63. The van der Waals surface area contributed by atoms with E-state index >= 15 is 0 Å². The van der Waals surface area contributed by atoms with Crippen LogP contribution in [0.2, 0.25) is 0 Å². The fraction of sp³-hybridized carbons (Fsp3) is 0.636. The van der Waals surface area contributed by atoms with Gasteiger partial charge in [-0.15, -0.1) is 12.4 Å². The summed E-state index contributed by atoms with van der Waals surface area (Å²) in [4.78, 5) is 30.0. The van der Waals surface area contributed by atoms with Gasteiger partial charge in [-0.3, -0.25) is 9.59 Å². The van der Waals surface area contributed by atoms with Gasteiger partial charge in [-0.2, -0.15) is 0 Å². The number of halogens is 2. The second kappa shape index (κ2) is 9.43. The maximum Gasteiger partial charge on any atom is 0.230 e. The Morgan fingerprint density at radius 1 is 1.10 bits per heavy atom. The average Bonchev–Trinajstić information content (AvgIpc) is 2.98. The third kappa shape index (κ3) is 4.58. The molecule has 0 bridgehead atoms. The highest BCUT2D eigenvalue weighted by atomic mass is 35.5. The summed E-state index contributed by atoms with van der Waals surface area (Å²) in [5.41, 5.74) is 0.474. The third-order valence-electron chi connectivity index (χ3n) is 6.84. The van der Waals surface area contributed by atoms with Crippen molar-refractivity contribution in [1.29, 1.82) is 0 Å². The van der Waals surface area contributed by atoms with E-state index in [1.165, 1.54) is 18.6 Å². The lowest BCUT2D eigenvalue weighted by atomic mass is 9.67. The maximum atomic E-state index is 13.5. The quantitative estimate of drug-likeness (QED) is 0.813. The predicted molar refractivity (Wildman–Crippen MR) is 112 cm³/mol. The first-order valence-electron chi connectivity index (χ1n) is 10.6. The molecule has 1 aliphatic carbocycles. The average molecular weight is 424 g/mol. The molecule has 0 radical (unpaired) electrons. The van der Waals surface area contributed by atoms with Crippen LogP contribution < -0.4 is 5.32 Å². The van der Waals surface area contributed by atoms with Crippen molar-refractivity contribution >= 4 is 24.2 Å². The molecule has 2 saturated heterocycles. The summed E-state index contributed by atoms with van der Waals surface area (Å²) in [5.74, 6) is 0.449. The molecule has 1 aromatic rings. The van der Waals surface area contributed by atoms with Gasteiger partial charge in [0.25, 0.3) is 0 Å². The lowest BCUT2D eigenvalue weighted by Gasteiger charge is -2.40. The van der Waals surface area contributed by atoms with Gasteiger partial charge >= 0.3 is 0 Å². The van der Waals surface area contributed by atoms with Crippen molar-refractivity contribution in [1.82, 2.24) is 15.1 Å². The Bertz CT molecular complexity index is 747. The minimum atomic E-state index is -0.315. The van der Waals surface area contributed by atoms with E-state index in [4.69, 9.17) is 0 Å². The molecule has 3 aliphatic rings. The van der Waals surface area contributed by atoms with Crippen molar-refractivity contribution in [2.45, 2.75) is 38.5 Å². The van der Waals surface area contributed by atoms with Crippen LogP contribution in [0.25, 0.3) is 0 Å². The van der Waals surface area contributed by atoms with Gasteiger partial charge in [0.15, 0.2) is 0 Å². The Balaban J connectivity index is 0.00000240. The molecule has 2 amide bonds. The topological polar surface area (TPSA) is 52.7 Å². The molecule has 0 aromatic heterocycles. The second-order valence-corrected chi connectivity index (χ2v) is 8.56. The molecule has 2 aliphatic heterocycles. The molecule has 7 heteroatoms. The summed E-state index contributed by atoms with van der Waals surface area (Å²) in [6.07, 6.45) is 5.50. The Morgan fingerprint density at radius 2 is 1.90 bits per heavy atom. The Morgan fingerprint density at radius 3 is 2.72 bits per heavy atom. The standard InChI is InChI=1S/C22H30FN3O2.ClH/c23-19-7-3-5-17(13-19)14-20(27)25-9-4-10-26(12-11-25)21(28)22-8-2-1-6-18(22)15-24-16-22;/h3,5,7,13,18,24H,1-2,4,6,8-12,14-16H2;1H/t18-,22+;/m0./s1. The summed E-state index contributed by atoms with van der Waals surface area (Å²) >= 11 is 0. The van der Waals surface area contributed by atoms with E-state index in [-0.39, 0.29) is 36.0 Å². The lowest BCUT2D eigenvalue weighted by molar-refractivity contribution is -0.145. The van der Waals surface area contributed by atoms with Crippen molar-refractivity contribution < 1.29 is 14.0 Å². The number of fused-ring (bicyclic) bond motifs is 1. The van der Waals surface area contributed by atoms with Crippen LogP contribution in [0.1, 0.15) is 37.7 Å². The van der Waals surface area contributed by atoms with Crippen LogP contribution in [0.5, 0.6) is 0 Å². The SMILES string of the molecule is Cl.O=C(Cc1cccc(F)c1)N1CCCN(C(=O)[C@@]23CCCC[C@H]2CNC3)CC1. The molecule has 160 valence electrons. The third-order valence-corrected chi connectivity index (χ3v) is 6.84. The van der Waals surface area contributed by atoms with E-state index in [0.29, 0.717) is 37.0 Å². The molecule has 1 aromatic carbocycles. The minimum absolute atomic E-state index is 0. The molecule has 4 rings (SSSR count). The molecule has 0 unspecified atom stereocenters. The van der Waals surface area contributed by atoms with Crippen molar-refractivity contribution in [3.05, 3.63) is 35.6 Å². The van der Waals surface area contributed by atoms with E-state index < -0.39 is 0 Å². The summed E-state index contributed by atoms with van der Waals surface area (Å²) in [5, 5.41) is 3.46. The lowest BCUT2D eigenvalue weighted by Crippen LogP contribution is -2.50. The van der Waals surface area contributed by atoms with E-state index in [1.54, 1.807) is 12.1 Å². The molecule has 5 nitrogen and oxygen atoms in total. The number of nitrogens with zero attached hydrogens (tertiary/aromatic N) is 2. The molecule has 29 heavy (non-hydrogen) atoms. The van der Waals surface area contributed by atoms with Crippen LogP contribution in [0, 0.1) is 17.2 Å². The fourth-order valence-electron chi connectivity index (χ4n) is 5.29. The minimum Gasteiger partial charge on any atom is -0.341 e. The van der Waals surface area contributed by atoms with Crippen LogP contribution in [0.4, 0.5) is 4.39 Å². The molecule has 1 saturated carbocycles. The number of nitrogens with one attached hydrogen (secondary N) is 1. The molecule has 1 N–H and O–H groups in total. The van der Waals surface area contributed by atoms with Crippen molar-refractivity contribution in [3.8, 4) is 0 Å². The number of hydrogen-bond donors (Lipinski definition) is 1. The zero-order chi connectivity index (χ0) is 19.6. The summed E-state index contributed by atoms with van der Waals surface area (Å²) in [6, 6.07) is 6.22. The zero-order valence-electron chi connectivity index (χ0n) is 16.9. The van der Waals surface area contributed by atoms with E-state index in [2.05, 4.69) is 5.32 Å². The summed E-state index contributed by atoms with van der Waals surface area (Å²) in [7, 11) is 0. The highest BCUT2D eigenvalue weighted by Gasteiger charge is 2.51. The summed E-state index contributed by atoms with van der Waals surface area (Å²) < 4.78 is 13.4. The van der Waals surface area contributed by atoms with Gasteiger partial charge in [-0.05, 0) is 49.4 Å². The van der Waals surface area contributed by atoms with E-state index in [1.807, 2.05) is 9.80 Å². The highest BCUT2D eigenvalue weighted by molar-refractivity contribution is 5.85. The molecular weight excluding hydrogens is 393 g/mol. The van der Waals surface area contributed by atoms with Crippen molar-refractivity contribution in [2.75, 3.05) is 39.3 Å². The van der Waals surface area contributed by atoms with Gasteiger partial charge in [0.05, 0.1) is 11.8 Å². The molecule has 2 heterocycles. The van der Waals surface area contributed by atoms with Crippen LogP contribution in [0.15, 0.2) is 24.3 Å². The van der Waals surface area contributed by atoms with Crippen molar-refractivity contribution in [3.63, 3.8) is 0 Å². The number of carbonyl (C=O) groups excluding carboxylic acids is 2. The largest absolute Gasteiger partial charge is 0.341 e. The smallest absolute Gasteiger partial charge is 0.230 e. The zero-order valence-corrected chi connectivity index (χ0v) is 17.7. The number of amides is 2. The van der Waals surface area contributed by atoms with Gasteiger partial charge in [0.1, 0.15) is 5.82 Å². The van der Waals surface area contributed by atoms with Crippen LogP contribution in [-0.2, 0) is 16.0 Å². The molecule has 0 spiro atoms. The first kappa shape index (κ1) is 22.0. The van der Waals surface area contributed by atoms with Crippen LogP contribution >= 0.6 is 12.4 Å². The normalized spacial score (nSPS) is 27.0. The van der Waals surface area contributed by atoms with Gasteiger partial charge in [0, 0.05) is 32.7 Å². The molecular formula is C22H31ClFN3O2. The number of rotatable bonds is 3. The van der Waals surface area contributed by atoms with Crippen LogP contribution in [0.3, 0.4) is 0 Å². The number of carbonyl (C=O) groups is 2. The first-order valence-corrected chi connectivity index (χ1v) is 10.6. The fourth-order valence-corrected chi connectivity index (χ4v) is 5.29. The maximum absolute atomic E-state index is 13.5. The molecule has 3 fully saturated rings. The monoisotopic (exact) mass is 423 g/mol. The number of hydrogen-bond acceptors (Lipinski definition) is 3. The van der Waals surface area contributed by atoms with Gasteiger partial charge in [-0.25, -0.2) is 4.39 Å².